The van der Waals surface area contributed by atoms with Gasteiger partial charge < -0.3 is 16.4 Å². The first-order valence-electron chi connectivity index (χ1n) is 9.83. The zero-order valence-electron chi connectivity index (χ0n) is 16.3. The van der Waals surface area contributed by atoms with E-state index in [4.69, 9.17) is 10.7 Å². The molecule has 28 heavy (non-hydrogen) atoms. The van der Waals surface area contributed by atoms with E-state index in [9.17, 15) is 4.39 Å². The van der Waals surface area contributed by atoms with Crippen LogP contribution in [0.15, 0.2) is 36.4 Å². The molecule has 1 fully saturated rings. The number of rotatable bonds is 7. The number of aromatic nitrogens is 2. The normalized spacial score (nSPS) is 14.9. The third kappa shape index (κ3) is 4.22. The van der Waals surface area contributed by atoms with Gasteiger partial charge >= 0.3 is 0 Å². The lowest BCUT2D eigenvalue weighted by Gasteiger charge is -2.17. The van der Waals surface area contributed by atoms with E-state index in [1.54, 1.807) is 0 Å². The van der Waals surface area contributed by atoms with Gasteiger partial charge in [-0.15, -0.1) is 0 Å². The van der Waals surface area contributed by atoms with Crippen LogP contribution in [-0.4, -0.2) is 22.6 Å². The molecule has 1 heterocycles. The Morgan fingerprint density at radius 2 is 2.00 bits per heavy atom. The van der Waals surface area contributed by atoms with Crippen LogP contribution in [-0.2, 0) is 6.42 Å². The van der Waals surface area contributed by atoms with E-state index in [0.29, 0.717) is 30.1 Å². The molecular weight excluding hydrogens is 353 g/mol. The molecule has 146 valence electrons. The minimum atomic E-state index is -0.282. The summed E-state index contributed by atoms with van der Waals surface area (Å²) in [4.78, 5) is 9.36. The van der Waals surface area contributed by atoms with Crippen molar-refractivity contribution in [2.24, 2.45) is 11.7 Å². The summed E-state index contributed by atoms with van der Waals surface area (Å²) in [7, 11) is 0. The van der Waals surface area contributed by atoms with Crippen molar-refractivity contribution in [1.29, 1.82) is 0 Å². The lowest BCUT2D eigenvalue weighted by atomic mass is 10.1. The molecule has 0 unspecified atom stereocenters. The molecule has 4 N–H and O–H groups in total. The van der Waals surface area contributed by atoms with Gasteiger partial charge in [0.25, 0.3) is 0 Å². The monoisotopic (exact) mass is 379 g/mol. The smallest absolute Gasteiger partial charge is 0.229 e. The molecule has 3 aromatic rings. The van der Waals surface area contributed by atoms with Crippen molar-refractivity contribution in [3.63, 3.8) is 0 Å². The topological polar surface area (TPSA) is 75.9 Å². The van der Waals surface area contributed by atoms with Gasteiger partial charge in [0.2, 0.25) is 5.95 Å². The summed E-state index contributed by atoms with van der Waals surface area (Å²) < 4.78 is 13.7. The summed E-state index contributed by atoms with van der Waals surface area (Å²) in [6.45, 7) is 4.66. The molecule has 2 aromatic carbocycles. The van der Waals surface area contributed by atoms with Gasteiger partial charge in [-0.25, -0.2) is 9.37 Å². The van der Waals surface area contributed by atoms with Gasteiger partial charge in [-0.05, 0) is 87.0 Å². The highest BCUT2D eigenvalue weighted by Gasteiger charge is 2.28. The van der Waals surface area contributed by atoms with Crippen LogP contribution in [0, 0.1) is 18.7 Å². The summed E-state index contributed by atoms with van der Waals surface area (Å²) >= 11 is 0. The fraction of sp³-hybridized carbons (Fsp3) is 0.364. The first-order chi connectivity index (χ1) is 13.5. The van der Waals surface area contributed by atoms with Crippen LogP contribution in [0.5, 0.6) is 0 Å². The fourth-order valence-corrected chi connectivity index (χ4v) is 3.53. The minimum Gasteiger partial charge on any atom is -0.367 e. The van der Waals surface area contributed by atoms with E-state index in [-0.39, 0.29) is 5.82 Å². The Morgan fingerprint density at radius 1 is 1.18 bits per heavy atom. The van der Waals surface area contributed by atoms with E-state index < -0.39 is 0 Å². The van der Waals surface area contributed by atoms with Crippen LogP contribution >= 0.6 is 0 Å². The number of fused-ring (bicyclic) bond motifs is 1. The van der Waals surface area contributed by atoms with Gasteiger partial charge in [0, 0.05) is 17.1 Å². The molecule has 0 bridgehead atoms. The maximum atomic E-state index is 13.7. The molecule has 0 spiro atoms. The fourth-order valence-electron chi connectivity index (χ4n) is 3.53. The first kappa shape index (κ1) is 18.6. The highest BCUT2D eigenvalue weighted by Crippen LogP contribution is 2.35. The van der Waals surface area contributed by atoms with E-state index >= 15 is 0 Å². The van der Waals surface area contributed by atoms with Gasteiger partial charge in [0.15, 0.2) is 0 Å². The van der Waals surface area contributed by atoms with Gasteiger partial charge in [-0.2, -0.15) is 4.98 Å². The maximum absolute atomic E-state index is 13.7. The van der Waals surface area contributed by atoms with Crippen molar-refractivity contribution in [2.75, 3.05) is 17.2 Å². The number of nitrogens with two attached hydrogens (primary N) is 1. The molecule has 0 saturated heterocycles. The zero-order chi connectivity index (χ0) is 19.7. The van der Waals surface area contributed by atoms with E-state index in [2.05, 4.69) is 28.6 Å². The van der Waals surface area contributed by atoms with E-state index in [1.165, 1.54) is 30.5 Å². The highest BCUT2D eigenvalue weighted by atomic mass is 19.1. The quantitative estimate of drug-likeness (QED) is 0.562. The highest BCUT2D eigenvalue weighted by molar-refractivity contribution is 5.91. The maximum Gasteiger partial charge on any atom is 0.229 e. The second-order valence-electron chi connectivity index (χ2n) is 7.70. The second-order valence-corrected chi connectivity index (χ2v) is 7.70. The van der Waals surface area contributed by atoms with Crippen LogP contribution in [0.4, 0.5) is 21.8 Å². The summed E-state index contributed by atoms with van der Waals surface area (Å²) in [6, 6.07) is 11.3. The Labute approximate surface area is 164 Å². The largest absolute Gasteiger partial charge is 0.367 e. The minimum absolute atomic E-state index is 0.282. The molecule has 5 nitrogen and oxygen atoms in total. The van der Waals surface area contributed by atoms with Crippen LogP contribution in [0.3, 0.4) is 0 Å². The molecule has 4 rings (SSSR count). The predicted molar refractivity (Wildman–Crippen MR) is 113 cm³/mol. The molecule has 1 aromatic heterocycles. The lowest BCUT2D eigenvalue weighted by molar-refractivity contribution is 0.627. The number of aryl methyl sites for hydroxylation is 1. The van der Waals surface area contributed by atoms with Crippen molar-refractivity contribution in [3.05, 3.63) is 53.3 Å². The number of anilines is 3. The number of hydrogen-bond acceptors (Lipinski definition) is 5. The van der Waals surface area contributed by atoms with Gasteiger partial charge in [-0.3, -0.25) is 0 Å². The first-order valence-corrected chi connectivity index (χ1v) is 9.83. The third-order valence-corrected chi connectivity index (χ3v) is 5.18. The van der Waals surface area contributed by atoms with E-state index in [0.717, 1.165) is 28.7 Å². The Kier molecular flexibility index (Phi) is 5.13. The van der Waals surface area contributed by atoms with Gasteiger partial charge in [0.1, 0.15) is 11.6 Å². The molecule has 0 aliphatic heterocycles. The van der Waals surface area contributed by atoms with Crippen molar-refractivity contribution in [2.45, 2.75) is 39.2 Å². The SMILES string of the molecule is Cc1cc(F)cc(Nc2nc(N[C@H](C)C3CC3)c3cc(CCN)ccc3n2)c1. The molecule has 1 saturated carbocycles. The Morgan fingerprint density at radius 3 is 2.71 bits per heavy atom. The zero-order valence-corrected chi connectivity index (χ0v) is 16.3. The second kappa shape index (κ2) is 7.72. The number of hydrogen-bond donors (Lipinski definition) is 3. The number of halogens is 1. The van der Waals surface area contributed by atoms with Crippen molar-refractivity contribution < 1.29 is 4.39 Å². The average molecular weight is 379 g/mol. The lowest BCUT2D eigenvalue weighted by Crippen LogP contribution is -2.19. The van der Waals surface area contributed by atoms with Crippen LogP contribution in [0.25, 0.3) is 10.9 Å². The molecular formula is C22H26FN5. The summed E-state index contributed by atoms with van der Waals surface area (Å²) in [5.74, 6) is 1.67. The predicted octanol–water partition coefficient (Wildman–Crippen LogP) is 4.53. The van der Waals surface area contributed by atoms with Crippen LogP contribution < -0.4 is 16.4 Å². The molecule has 6 heteroatoms. The number of benzene rings is 2. The molecule has 1 aliphatic carbocycles. The van der Waals surface area contributed by atoms with Crippen LogP contribution in [0.1, 0.15) is 30.9 Å². The van der Waals surface area contributed by atoms with Crippen molar-refractivity contribution in [3.8, 4) is 0 Å². The molecule has 0 amide bonds. The number of nitrogens with zero attached hydrogens (tertiary/aromatic N) is 2. The van der Waals surface area contributed by atoms with Gasteiger partial charge in [0.05, 0.1) is 5.52 Å². The molecule has 1 atom stereocenters. The summed E-state index contributed by atoms with van der Waals surface area (Å²) in [5, 5.41) is 7.71. The van der Waals surface area contributed by atoms with Crippen molar-refractivity contribution >= 4 is 28.4 Å². The van der Waals surface area contributed by atoms with Crippen LogP contribution in [0.2, 0.25) is 0 Å². The Bertz CT molecular complexity index is 979. The molecule has 0 radical (unpaired) electrons. The summed E-state index contributed by atoms with van der Waals surface area (Å²) in [5.41, 5.74) is 9.21. The van der Waals surface area contributed by atoms with Crippen molar-refractivity contribution in [1.82, 2.24) is 9.97 Å². The number of nitrogens with one attached hydrogen (secondary N) is 2. The Hall–Kier alpha value is -2.73. The summed E-state index contributed by atoms with van der Waals surface area (Å²) in [6.07, 6.45) is 3.32. The van der Waals surface area contributed by atoms with E-state index in [1.807, 2.05) is 25.1 Å². The Balaban J connectivity index is 1.73. The average Bonchev–Trinajstić information content (AvgIpc) is 3.47. The standard InChI is InChI=1S/C22H26FN5/c1-13-9-17(23)12-18(10-13)26-22-27-20-6-3-15(7-8-24)11-19(20)21(28-22)25-14(2)16-4-5-16/h3,6,9-12,14,16H,4-5,7-8,24H2,1-2H3,(H2,25,26,27,28)/t14-/m1/s1. The third-order valence-electron chi connectivity index (χ3n) is 5.18. The van der Waals surface area contributed by atoms with Gasteiger partial charge in [-0.1, -0.05) is 6.07 Å². The molecule has 1 aliphatic rings.